The molecule has 0 bridgehead atoms. The van der Waals surface area contributed by atoms with Crippen molar-refractivity contribution in [3.05, 3.63) is 34.2 Å². The second-order valence-electron chi connectivity index (χ2n) is 5.20. The first-order valence-corrected chi connectivity index (χ1v) is 7.08. The van der Waals surface area contributed by atoms with E-state index in [2.05, 4.69) is 16.9 Å². The van der Waals surface area contributed by atoms with Gasteiger partial charge in [0.15, 0.2) is 11.6 Å². The van der Waals surface area contributed by atoms with E-state index in [0.29, 0.717) is 17.2 Å². The van der Waals surface area contributed by atoms with Crippen molar-refractivity contribution in [2.75, 3.05) is 12.8 Å². The summed E-state index contributed by atoms with van der Waals surface area (Å²) in [6.07, 6.45) is 1.86. The first kappa shape index (κ1) is 14.1. The van der Waals surface area contributed by atoms with Crippen LogP contribution in [-0.2, 0) is 6.42 Å². The fraction of sp³-hybridized carbons (Fsp3) is 0.333. The monoisotopic (exact) mass is 307 g/mol. The Morgan fingerprint density at radius 1 is 1.38 bits per heavy atom. The minimum Gasteiger partial charge on any atom is -0.494 e. The van der Waals surface area contributed by atoms with Crippen LogP contribution in [0.15, 0.2) is 12.1 Å². The summed E-state index contributed by atoms with van der Waals surface area (Å²) < 4.78 is 18.7. The van der Waals surface area contributed by atoms with Crippen LogP contribution in [0.25, 0.3) is 11.3 Å². The zero-order valence-electron chi connectivity index (χ0n) is 11.8. The molecule has 0 aliphatic heterocycles. The molecule has 0 saturated heterocycles. The summed E-state index contributed by atoms with van der Waals surface area (Å²) >= 11 is 6.19. The summed E-state index contributed by atoms with van der Waals surface area (Å²) in [5, 5.41) is 0.285. The molecule has 3 rings (SSSR count). The molecular formula is C15H15ClFN3O. The first-order valence-electron chi connectivity index (χ1n) is 6.71. The maximum atomic E-state index is 13.7. The number of nitrogens with two attached hydrogens (primary N) is 1. The van der Waals surface area contributed by atoms with Gasteiger partial charge in [-0.15, -0.1) is 0 Å². The zero-order valence-corrected chi connectivity index (χ0v) is 12.5. The summed E-state index contributed by atoms with van der Waals surface area (Å²) in [6.45, 7) is 2.11. The number of rotatable bonds is 2. The van der Waals surface area contributed by atoms with Gasteiger partial charge < -0.3 is 10.5 Å². The minimum absolute atomic E-state index is 0.131. The third-order valence-corrected chi connectivity index (χ3v) is 4.16. The molecule has 1 atom stereocenters. The quantitative estimate of drug-likeness (QED) is 0.921. The molecule has 0 radical (unpaired) electrons. The Morgan fingerprint density at radius 2 is 2.14 bits per heavy atom. The van der Waals surface area contributed by atoms with Crippen LogP contribution in [-0.4, -0.2) is 17.1 Å². The smallest absolute Gasteiger partial charge is 0.220 e. The van der Waals surface area contributed by atoms with E-state index in [-0.39, 0.29) is 16.7 Å². The largest absolute Gasteiger partial charge is 0.494 e. The molecule has 0 fully saturated rings. The summed E-state index contributed by atoms with van der Waals surface area (Å²) in [6, 6.07) is 2.79. The topological polar surface area (TPSA) is 61.0 Å². The molecule has 21 heavy (non-hydrogen) atoms. The molecule has 4 nitrogen and oxygen atoms in total. The highest BCUT2D eigenvalue weighted by molar-refractivity contribution is 6.33. The van der Waals surface area contributed by atoms with Crippen LogP contribution in [0.5, 0.6) is 5.75 Å². The second kappa shape index (κ2) is 5.15. The van der Waals surface area contributed by atoms with Crippen molar-refractivity contribution in [2.24, 2.45) is 0 Å². The maximum Gasteiger partial charge on any atom is 0.220 e. The molecule has 0 spiro atoms. The number of nitrogen functional groups attached to an aromatic ring is 1. The average molecular weight is 308 g/mol. The zero-order chi connectivity index (χ0) is 15.1. The molecule has 6 heteroatoms. The van der Waals surface area contributed by atoms with E-state index in [4.69, 9.17) is 22.1 Å². The lowest BCUT2D eigenvalue weighted by molar-refractivity contribution is 0.387. The molecule has 2 N–H and O–H groups in total. The van der Waals surface area contributed by atoms with Gasteiger partial charge in [0.05, 0.1) is 23.5 Å². The molecule has 0 saturated carbocycles. The van der Waals surface area contributed by atoms with Crippen molar-refractivity contribution in [2.45, 2.75) is 25.7 Å². The van der Waals surface area contributed by atoms with E-state index in [1.807, 2.05) is 0 Å². The van der Waals surface area contributed by atoms with E-state index in [0.717, 1.165) is 24.1 Å². The molecule has 110 valence electrons. The normalized spacial score (nSPS) is 16.9. The van der Waals surface area contributed by atoms with Crippen molar-refractivity contribution in [1.82, 2.24) is 9.97 Å². The van der Waals surface area contributed by atoms with Crippen LogP contribution in [0.3, 0.4) is 0 Å². The molecule has 1 aliphatic carbocycles. The summed E-state index contributed by atoms with van der Waals surface area (Å²) in [4.78, 5) is 8.65. The van der Waals surface area contributed by atoms with Crippen LogP contribution in [0.1, 0.15) is 30.5 Å². The molecule has 1 aliphatic rings. The standard InChI is InChI=1S/C15H15ClFN3O/c1-7-3-4-8-13(7)19-15(18)20-14(8)9-5-12(21-2)11(17)6-10(9)16/h5-7H,3-4H2,1-2H3,(H2,18,19,20). The fourth-order valence-corrected chi connectivity index (χ4v) is 3.00. The van der Waals surface area contributed by atoms with Crippen LogP contribution in [0.2, 0.25) is 5.02 Å². The highest BCUT2D eigenvalue weighted by Crippen LogP contribution is 2.40. The van der Waals surface area contributed by atoms with E-state index in [1.165, 1.54) is 13.2 Å². The summed E-state index contributed by atoms with van der Waals surface area (Å²) in [5.41, 5.74) is 9.09. The molecule has 1 unspecified atom stereocenters. The fourth-order valence-electron chi connectivity index (χ4n) is 2.76. The van der Waals surface area contributed by atoms with E-state index in [9.17, 15) is 4.39 Å². The number of hydrogen-bond donors (Lipinski definition) is 1. The van der Waals surface area contributed by atoms with Crippen molar-refractivity contribution < 1.29 is 9.13 Å². The van der Waals surface area contributed by atoms with E-state index >= 15 is 0 Å². The Bertz CT molecular complexity index is 721. The number of hydrogen-bond acceptors (Lipinski definition) is 4. The van der Waals surface area contributed by atoms with Crippen LogP contribution in [0.4, 0.5) is 10.3 Å². The number of benzene rings is 1. The Hall–Kier alpha value is -1.88. The van der Waals surface area contributed by atoms with Gasteiger partial charge in [-0.3, -0.25) is 0 Å². The molecule has 1 aromatic carbocycles. The molecule has 1 aromatic heterocycles. The van der Waals surface area contributed by atoms with Crippen molar-refractivity contribution in [3.8, 4) is 17.0 Å². The second-order valence-corrected chi connectivity index (χ2v) is 5.61. The Morgan fingerprint density at radius 3 is 2.86 bits per heavy atom. The van der Waals surface area contributed by atoms with Gasteiger partial charge in [0.2, 0.25) is 5.95 Å². The van der Waals surface area contributed by atoms with Gasteiger partial charge in [-0.05, 0) is 30.9 Å². The minimum atomic E-state index is -0.502. The van der Waals surface area contributed by atoms with Crippen LogP contribution < -0.4 is 10.5 Å². The number of anilines is 1. The SMILES string of the molecule is COc1cc(-c2nc(N)nc3c2CCC3C)c(Cl)cc1F. The number of aromatic nitrogens is 2. The van der Waals surface area contributed by atoms with E-state index in [1.54, 1.807) is 6.07 Å². The third-order valence-electron chi connectivity index (χ3n) is 3.85. The van der Waals surface area contributed by atoms with Gasteiger partial charge >= 0.3 is 0 Å². The van der Waals surface area contributed by atoms with Gasteiger partial charge in [0, 0.05) is 11.1 Å². The summed E-state index contributed by atoms with van der Waals surface area (Å²) in [5.74, 6) is 0.173. The van der Waals surface area contributed by atoms with Gasteiger partial charge in [-0.25, -0.2) is 14.4 Å². The predicted molar refractivity (Wildman–Crippen MR) is 80.1 cm³/mol. The highest BCUT2D eigenvalue weighted by Gasteiger charge is 2.26. The number of ether oxygens (including phenoxy) is 1. The lowest BCUT2D eigenvalue weighted by atomic mass is 10.0. The lowest BCUT2D eigenvalue weighted by Crippen LogP contribution is -2.04. The van der Waals surface area contributed by atoms with Gasteiger partial charge in [-0.2, -0.15) is 0 Å². The van der Waals surface area contributed by atoms with Crippen molar-refractivity contribution >= 4 is 17.5 Å². The van der Waals surface area contributed by atoms with Crippen LogP contribution >= 0.6 is 11.6 Å². The third kappa shape index (κ3) is 2.31. The Labute approximate surface area is 127 Å². The van der Waals surface area contributed by atoms with E-state index < -0.39 is 5.82 Å². The van der Waals surface area contributed by atoms with Crippen molar-refractivity contribution in [1.29, 1.82) is 0 Å². The number of methoxy groups -OCH3 is 1. The van der Waals surface area contributed by atoms with Crippen molar-refractivity contribution in [3.63, 3.8) is 0 Å². The number of fused-ring (bicyclic) bond motifs is 1. The van der Waals surface area contributed by atoms with Gasteiger partial charge in [0.25, 0.3) is 0 Å². The molecule has 0 amide bonds. The Kier molecular flexibility index (Phi) is 3.45. The lowest BCUT2D eigenvalue weighted by Gasteiger charge is -2.12. The van der Waals surface area contributed by atoms with Gasteiger partial charge in [0.1, 0.15) is 0 Å². The Balaban J connectivity index is 2.24. The average Bonchev–Trinajstić information content (AvgIpc) is 2.80. The summed E-state index contributed by atoms with van der Waals surface area (Å²) in [7, 11) is 1.41. The molecule has 2 aromatic rings. The van der Waals surface area contributed by atoms with Crippen LogP contribution in [0, 0.1) is 5.82 Å². The molecule has 1 heterocycles. The van der Waals surface area contributed by atoms with Gasteiger partial charge in [-0.1, -0.05) is 18.5 Å². The highest BCUT2D eigenvalue weighted by atomic mass is 35.5. The first-order chi connectivity index (χ1) is 10.0. The molecular weight excluding hydrogens is 293 g/mol. The number of nitrogens with zero attached hydrogens (tertiary/aromatic N) is 2. The number of halogens is 2. The maximum absolute atomic E-state index is 13.7. The predicted octanol–water partition coefficient (Wildman–Crippen LogP) is 3.58.